The number of guanidine groups is 1. The first-order valence-corrected chi connectivity index (χ1v) is 11.4. The van der Waals surface area contributed by atoms with Gasteiger partial charge in [0.1, 0.15) is 5.69 Å². The molecule has 0 fully saturated rings. The molecule has 174 valence electrons. The van der Waals surface area contributed by atoms with E-state index in [1.165, 1.54) is 44.2 Å². The van der Waals surface area contributed by atoms with E-state index in [0.717, 1.165) is 4.57 Å². The number of nitrogens with two attached hydrogens (primary N) is 3. The van der Waals surface area contributed by atoms with Gasteiger partial charge in [-0.2, -0.15) is 0 Å². The number of halogens is 2. The maximum Gasteiger partial charge on any atom is 0.275 e. The van der Waals surface area contributed by atoms with Crippen LogP contribution in [0.3, 0.4) is 0 Å². The third-order valence-corrected chi connectivity index (χ3v) is 6.09. The van der Waals surface area contributed by atoms with Gasteiger partial charge in [-0.1, -0.05) is 29.3 Å². The lowest BCUT2D eigenvalue weighted by Gasteiger charge is -2.24. The third kappa shape index (κ3) is 6.28. The van der Waals surface area contributed by atoms with Crippen molar-refractivity contribution in [3.8, 4) is 0 Å². The zero-order valence-electron chi connectivity index (χ0n) is 17.1. The number of carbonyl (C=O) groups is 1. The Bertz CT molecular complexity index is 1210. The summed E-state index contributed by atoms with van der Waals surface area (Å²) in [6.45, 7) is 2.96. The Hall–Kier alpha value is -2.96. The zero-order chi connectivity index (χ0) is 24.2. The fraction of sp³-hybridized carbons (Fsp3) is 0.278. The Morgan fingerprint density at radius 2 is 1.88 bits per heavy atom. The first kappa shape index (κ1) is 25.3. The summed E-state index contributed by atoms with van der Waals surface area (Å²) in [5, 5.41) is 3.87. The molecule has 1 heterocycles. The molecule has 14 heteroatoms. The van der Waals surface area contributed by atoms with Crippen molar-refractivity contribution in [2.24, 2.45) is 22.4 Å². The van der Waals surface area contributed by atoms with E-state index < -0.39 is 45.3 Å². The van der Waals surface area contributed by atoms with Gasteiger partial charge in [0.25, 0.3) is 5.56 Å². The van der Waals surface area contributed by atoms with Gasteiger partial charge < -0.3 is 22.0 Å². The Labute approximate surface area is 194 Å². The van der Waals surface area contributed by atoms with E-state index in [1.54, 1.807) is 0 Å². The lowest BCUT2D eigenvalue weighted by Crippen LogP contribution is -2.42. The van der Waals surface area contributed by atoms with Gasteiger partial charge in [-0.25, -0.2) is 8.42 Å². The molecule has 0 spiro atoms. The summed E-state index contributed by atoms with van der Waals surface area (Å²) in [7, 11) is -4.06. The van der Waals surface area contributed by atoms with Gasteiger partial charge >= 0.3 is 0 Å². The second kappa shape index (κ2) is 10.1. The number of nitrogens with zero attached hydrogens (tertiary/aromatic N) is 2. The molecule has 0 aliphatic heterocycles. The molecule has 11 nitrogen and oxygen atoms in total. The van der Waals surface area contributed by atoms with Crippen molar-refractivity contribution in [1.29, 1.82) is 0 Å². The van der Waals surface area contributed by atoms with E-state index in [-0.39, 0.29) is 16.3 Å². The topological polar surface area (TPSA) is 185 Å². The Balaban J connectivity index is 2.42. The molecule has 2 atom stereocenters. The molecule has 7 N–H and O–H groups in total. The average Bonchev–Trinajstić information content (AvgIpc) is 2.67. The lowest BCUT2D eigenvalue weighted by molar-refractivity contribution is -0.125. The van der Waals surface area contributed by atoms with Crippen LogP contribution in [0, 0.1) is 6.92 Å². The normalized spacial score (nSPS) is 13.1. The van der Waals surface area contributed by atoms with Gasteiger partial charge in [0.2, 0.25) is 21.9 Å². The highest BCUT2D eigenvalue weighted by Crippen LogP contribution is 2.23. The molecule has 2 aromatic rings. The number of anilines is 1. The van der Waals surface area contributed by atoms with Crippen LogP contribution in [0.5, 0.6) is 0 Å². The number of pyridine rings is 1. The minimum atomic E-state index is -4.06. The number of carbonyl (C=O) groups excluding carboxylic acids is 1. The minimum absolute atomic E-state index is 0.156. The number of aryl methyl sites for hydroxylation is 1. The standard InChI is InChI=1S/C18H22Cl2N6O5S/c1-9-3-6-14(25-32(29,30)8-11-4-5-12(19)7-13(11)20)17(28)26(9)15(16(21)27)10(2)31-24-18(22)23/h3-7,10,15,25H,8H2,1-2H3,(H2,21,27)(H4,22,23,24). The number of amides is 1. The number of benzene rings is 1. The molecule has 2 rings (SSSR count). The second-order valence-electron chi connectivity index (χ2n) is 6.83. The van der Waals surface area contributed by atoms with Crippen LogP contribution in [0.15, 0.2) is 40.3 Å². The van der Waals surface area contributed by atoms with Gasteiger partial charge in [-0.05, 0) is 48.8 Å². The maximum atomic E-state index is 13.1. The van der Waals surface area contributed by atoms with E-state index in [9.17, 15) is 18.0 Å². The first-order chi connectivity index (χ1) is 14.8. The molecule has 0 bridgehead atoms. The molecular weight excluding hydrogens is 483 g/mol. The van der Waals surface area contributed by atoms with Gasteiger partial charge in [-0.3, -0.25) is 18.9 Å². The Morgan fingerprint density at radius 3 is 2.44 bits per heavy atom. The largest absolute Gasteiger partial charge is 0.387 e. The van der Waals surface area contributed by atoms with Gasteiger partial charge in [-0.15, -0.1) is 0 Å². The number of nitrogens with one attached hydrogen (secondary N) is 1. The third-order valence-electron chi connectivity index (χ3n) is 4.29. The molecule has 32 heavy (non-hydrogen) atoms. The van der Waals surface area contributed by atoms with Crippen LogP contribution < -0.4 is 27.5 Å². The predicted octanol–water partition coefficient (Wildman–Crippen LogP) is 1.03. The Morgan fingerprint density at radius 1 is 1.22 bits per heavy atom. The quantitative estimate of drug-likeness (QED) is 0.223. The van der Waals surface area contributed by atoms with E-state index >= 15 is 0 Å². The average molecular weight is 505 g/mol. The SMILES string of the molecule is Cc1ccc(NS(=O)(=O)Cc2ccc(Cl)cc2Cl)c(=O)n1C(C(N)=O)C(C)ON=C(N)N. The van der Waals surface area contributed by atoms with E-state index in [2.05, 4.69) is 9.88 Å². The Kier molecular flexibility index (Phi) is 7.99. The summed E-state index contributed by atoms with van der Waals surface area (Å²) in [5.41, 5.74) is 15.4. The van der Waals surface area contributed by atoms with Gasteiger partial charge in [0.05, 0.1) is 5.75 Å². The van der Waals surface area contributed by atoms with Crippen LogP contribution in [-0.4, -0.2) is 31.0 Å². The van der Waals surface area contributed by atoms with Gasteiger partial charge in [0, 0.05) is 15.7 Å². The minimum Gasteiger partial charge on any atom is -0.387 e. The summed E-state index contributed by atoms with van der Waals surface area (Å²) in [6, 6.07) is 5.74. The number of hydrogen-bond acceptors (Lipinski definition) is 6. The molecule has 0 aliphatic rings. The van der Waals surface area contributed by atoms with Crippen LogP contribution in [0.2, 0.25) is 10.0 Å². The highest BCUT2D eigenvalue weighted by Gasteiger charge is 2.30. The van der Waals surface area contributed by atoms with Crippen molar-refractivity contribution in [3.63, 3.8) is 0 Å². The van der Waals surface area contributed by atoms with Crippen LogP contribution in [0.1, 0.15) is 24.2 Å². The fourth-order valence-corrected chi connectivity index (χ4v) is 4.66. The summed E-state index contributed by atoms with van der Waals surface area (Å²) < 4.78 is 28.5. The van der Waals surface area contributed by atoms with Gasteiger partial charge in [0.15, 0.2) is 12.1 Å². The van der Waals surface area contributed by atoms with Crippen LogP contribution in [0.25, 0.3) is 0 Å². The van der Waals surface area contributed by atoms with E-state index in [0.29, 0.717) is 10.7 Å². The number of rotatable bonds is 9. The number of sulfonamides is 1. The fourth-order valence-electron chi connectivity index (χ4n) is 2.89. The number of hydrogen-bond donors (Lipinski definition) is 4. The number of primary amides is 1. The molecule has 0 radical (unpaired) electrons. The van der Waals surface area contributed by atoms with Crippen molar-refractivity contribution >= 4 is 50.8 Å². The summed E-state index contributed by atoms with van der Waals surface area (Å²) in [5.74, 6) is -1.83. The molecule has 0 saturated heterocycles. The molecule has 1 aromatic carbocycles. The van der Waals surface area contributed by atoms with Crippen molar-refractivity contribution in [2.45, 2.75) is 31.7 Å². The molecular formula is C18H22Cl2N6O5S. The van der Waals surface area contributed by atoms with Crippen molar-refractivity contribution in [1.82, 2.24) is 4.57 Å². The lowest BCUT2D eigenvalue weighted by atomic mass is 10.1. The molecule has 0 saturated carbocycles. The monoisotopic (exact) mass is 504 g/mol. The van der Waals surface area contributed by atoms with Crippen LogP contribution in [-0.2, 0) is 25.4 Å². The molecule has 1 aromatic heterocycles. The molecule has 0 aliphatic carbocycles. The smallest absolute Gasteiger partial charge is 0.275 e. The summed E-state index contributed by atoms with van der Waals surface area (Å²) in [6.07, 6.45) is -1.05. The maximum absolute atomic E-state index is 13.1. The van der Waals surface area contributed by atoms with Crippen molar-refractivity contribution in [2.75, 3.05) is 4.72 Å². The highest BCUT2D eigenvalue weighted by atomic mass is 35.5. The molecule has 2 unspecified atom stereocenters. The van der Waals surface area contributed by atoms with Crippen LogP contribution >= 0.6 is 23.2 Å². The highest BCUT2D eigenvalue weighted by molar-refractivity contribution is 7.91. The van der Waals surface area contributed by atoms with Crippen LogP contribution in [0.4, 0.5) is 5.69 Å². The number of oxime groups is 1. The summed E-state index contributed by atoms with van der Waals surface area (Å²) >= 11 is 11.9. The van der Waals surface area contributed by atoms with E-state index in [4.69, 9.17) is 45.2 Å². The molecule has 1 amide bonds. The number of aromatic nitrogens is 1. The van der Waals surface area contributed by atoms with E-state index in [1.807, 2.05) is 0 Å². The first-order valence-electron chi connectivity index (χ1n) is 9.03. The van der Waals surface area contributed by atoms with Crippen molar-refractivity contribution in [3.05, 3.63) is 62.0 Å². The summed E-state index contributed by atoms with van der Waals surface area (Å²) in [4.78, 5) is 30.2. The van der Waals surface area contributed by atoms with Crippen molar-refractivity contribution < 1.29 is 18.0 Å². The second-order valence-corrected chi connectivity index (χ2v) is 9.40. The predicted molar refractivity (Wildman–Crippen MR) is 123 cm³/mol. The zero-order valence-corrected chi connectivity index (χ0v) is 19.4.